The van der Waals surface area contributed by atoms with Crippen LogP contribution in [0, 0.1) is 0 Å². The summed E-state index contributed by atoms with van der Waals surface area (Å²) in [5.41, 5.74) is 7.22. The Kier molecular flexibility index (Phi) is 2.62. The van der Waals surface area contributed by atoms with Crippen molar-refractivity contribution in [2.24, 2.45) is 0 Å². The fourth-order valence-electron chi connectivity index (χ4n) is 2.28. The van der Waals surface area contributed by atoms with E-state index < -0.39 is 0 Å². The molecule has 0 bridgehead atoms. The molecule has 2 aromatic heterocycles. The molecule has 2 N–H and O–H groups in total. The normalized spacial score (nSPS) is 19.3. The van der Waals surface area contributed by atoms with Crippen molar-refractivity contribution in [2.75, 3.05) is 12.8 Å². The summed E-state index contributed by atoms with van der Waals surface area (Å²) in [4.78, 5) is 12.7. The average molecular weight is 245 g/mol. The van der Waals surface area contributed by atoms with Gasteiger partial charge >= 0.3 is 6.01 Å². The summed E-state index contributed by atoms with van der Waals surface area (Å²) < 4.78 is 7.09. The van der Waals surface area contributed by atoms with Crippen LogP contribution in [0.15, 0.2) is 18.5 Å². The molecule has 1 aliphatic rings. The third-order valence-electron chi connectivity index (χ3n) is 3.20. The van der Waals surface area contributed by atoms with Gasteiger partial charge in [0.15, 0.2) is 17.0 Å². The van der Waals surface area contributed by atoms with Crippen molar-refractivity contribution in [3.05, 3.63) is 18.5 Å². The molecule has 1 atom stereocenters. The van der Waals surface area contributed by atoms with Crippen LogP contribution in [0.25, 0.3) is 11.2 Å². The summed E-state index contributed by atoms with van der Waals surface area (Å²) in [5, 5.41) is 0. The zero-order chi connectivity index (χ0) is 12.5. The molecule has 0 spiro atoms. The van der Waals surface area contributed by atoms with Gasteiger partial charge in [0, 0.05) is 0 Å². The van der Waals surface area contributed by atoms with Crippen molar-refractivity contribution in [1.29, 1.82) is 0 Å². The molecule has 2 aromatic rings. The molecular formula is C12H15N5O. The lowest BCUT2D eigenvalue weighted by Gasteiger charge is -2.18. The van der Waals surface area contributed by atoms with Crippen LogP contribution in [0.2, 0.25) is 0 Å². The monoisotopic (exact) mass is 245 g/mol. The second-order valence-corrected chi connectivity index (χ2v) is 4.35. The molecule has 6 heteroatoms. The molecule has 0 aromatic carbocycles. The maximum Gasteiger partial charge on any atom is 0.320 e. The van der Waals surface area contributed by atoms with E-state index in [4.69, 9.17) is 10.5 Å². The zero-order valence-corrected chi connectivity index (χ0v) is 10.2. The third-order valence-corrected chi connectivity index (χ3v) is 3.20. The van der Waals surface area contributed by atoms with Gasteiger partial charge in [0.1, 0.15) is 0 Å². The van der Waals surface area contributed by atoms with Crippen molar-refractivity contribution >= 4 is 17.0 Å². The molecule has 18 heavy (non-hydrogen) atoms. The fourth-order valence-corrected chi connectivity index (χ4v) is 2.28. The van der Waals surface area contributed by atoms with E-state index in [9.17, 15) is 0 Å². The molecule has 0 saturated carbocycles. The van der Waals surface area contributed by atoms with Crippen LogP contribution >= 0.6 is 0 Å². The highest BCUT2D eigenvalue weighted by molar-refractivity contribution is 5.82. The van der Waals surface area contributed by atoms with Crippen molar-refractivity contribution in [2.45, 2.75) is 25.3 Å². The Bertz CT molecular complexity index is 604. The topological polar surface area (TPSA) is 78.9 Å². The Morgan fingerprint density at radius 1 is 1.44 bits per heavy atom. The number of rotatable bonds is 2. The number of nitrogen functional groups attached to an aromatic ring is 1. The van der Waals surface area contributed by atoms with Gasteiger partial charge in [-0.1, -0.05) is 12.2 Å². The molecule has 0 amide bonds. The Balaban J connectivity index is 2.15. The van der Waals surface area contributed by atoms with E-state index in [-0.39, 0.29) is 6.01 Å². The number of aromatic nitrogens is 4. The van der Waals surface area contributed by atoms with E-state index in [0.29, 0.717) is 17.4 Å². The van der Waals surface area contributed by atoms with Crippen molar-refractivity contribution in [3.8, 4) is 6.01 Å². The number of allylic oxidation sites excluding steroid dienone is 2. The Morgan fingerprint density at radius 3 is 3.06 bits per heavy atom. The lowest BCUT2D eigenvalue weighted by atomic mass is 10.0. The van der Waals surface area contributed by atoms with Gasteiger partial charge in [0.05, 0.1) is 19.5 Å². The number of fused-ring (bicyclic) bond motifs is 1. The predicted octanol–water partition coefficient (Wildman–Crippen LogP) is 1.70. The Hall–Kier alpha value is -2.11. The molecule has 2 heterocycles. The summed E-state index contributed by atoms with van der Waals surface area (Å²) in [6.07, 6.45) is 9.57. The minimum Gasteiger partial charge on any atom is -0.467 e. The van der Waals surface area contributed by atoms with Gasteiger partial charge in [-0.25, -0.2) is 4.98 Å². The predicted molar refractivity (Wildman–Crippen MR) is 68.3 cm³/mol. The standard InChI is InChI=1S/C12H15N5O/c1-18-12-15-10(13)9-11(16-12)17(7-14-9)8-5-3-2-4-6-8/h3,5,7-8H,2,4,6H2,1H3,(H2,13,15,16). The highest BCUT2D eigenvalue weighted by Crippen LogP contribution is 2.27. The van der Waals surface area contributed by atoms with Gasteiger partial charge in [-0.15, -0.1) is 0 Å². The Morgan fingerprint density at radius 2 is 2.33 bits per heavy atom. The van der Waals surface area contributed by atoms with E-state index in [1.807, 2.05) is 4.57 Å². The number of nitrogens with two attached hydrogens (primary N) is 1. The summed E-state index contributed by atoms with van der Waals surface area (Å²) in [6, 6.07) is 0.573. The molecule has 0 radical (unpaired) electrons. The lowest BCUT2D eigenvalue weighted by molar-refractivity contribution is 0.381. The van der Waals surface area contributed by atoms with Crippen LogP contribution in [0.1, 0.15) is 25.3 Å². The van der Waals surface area contributed by atoms with Crippen LogP contribution in [0.4, 0.5) is 5.82 Å². The molecule has 3 rings (SSSR count). The van der Waals surface area contributed by atoms with Gasteiger partial charge in [-0.2, -0.15) is 9.97 Å². The zero-order valence-electron chi connectivity index (χ0n) is 10.2. The van der Waals surface area contributed by atoms with Gasteiger partial charge in [0.2, 0.25) is 0 Å². The van der Waals surface area contributed by atoms with Crippen LogP contribution < -0.4 is 10.5 Å². The van der Waals surface area contributed by atoms with E-state index >= 15 is 0 Å². The minimum absolute atomic E-state index is 0.279. The molecule has 94 valence electrons. The second kappa shape index (κ2) is 4.29. The molecule has 1 unspecified atom stereocenters. The summed E-state index contributed by atoms with van der Waals surface area (Å²) in [6.45, 7) is 0. The number of ether oxygens (including phenoxy) is 1. The SMILES string of the molecule is COc1nc(N)c2ncn(C3C=CCCC3)c2n1. The number of methoxy groups -OCH3 is 1. The van der Waals surface area contributed by atoms with E-state index in [0.717, 1.165) is 18.5 Å². The molecule has 6 nitrogen and oxygen atoms in total. The smallest absolute Gasteiger partial charge is 0.320 e. The first kappa shape index (κ1) is 11.0. The first-order valence-electron chi connectivity index (χ1n) is 6.00. The number of imidazole rings is 1. The van der Waals surface area contributed by atoms with E-state index in [1.54, 1.807) is 6.33 Å². The molecule has 0 fully saturated rings. The molecular weight excluding hydrogens is 230 g/mol. The summed E-state index contributed by atoms with van der Waals surface area (Å²) >= 11 is 0. The third kappa shape index (κ3) is 1.70. The summed E-state index contributed by atoms with van der Waals surface area (Å²) in [5.74, 6) is 0.357. The fraction of sp³-hybridized carbons (Fsp3) is 0.417. The second-order valence-electron chi connectivity index (χ2n) is 4.35. The van der Waals surface area contributed by atoms with E-state index in [1.165, 1.54) is 13.5 Å². The van der Waals surface area contributed by atoms with Crippen LogP contribution in [0.5, 0.6) is 6.01 Å². The molecule has 1 aliphatic carbocycles. The van der Waals surface area contributed by atoms with Gasteiger partial charge in [-0.05, 0) is 19.3 Å². The number of nitrogens with zero attached hydrogens (tertiary/aromatic N) is 4. The van der Waals surface area contributed by atoms with Gasteiger partial charge in [0.25, 0.3) is 0 Å². The largest absolute Gasteiger partial charge is 0.467 e. The Labute approximate surface area is 105 Å². The highest BCUT2D eigenvalue weighted by atomic mass is 16.5. The van der Waals surface area contributed by atoms with Gasteiger partial charge < -0.3 is 15.0 Å². The average Bonchev–Trinajstić information content (AvgIpc) is 2.84. The quantitative estimate of drug-likeness (QED) is 0.814. The lowest BCUT2D eigenvalue weighted by Crippen LogP contribution is -2.09. The maximum absolute atomic E-state index is 5.85. The van der Waals surface area contributed by atoms with E-state index in [2.05, 4.69) is 27.1 Å². The number of anilines is 1. The molecule has 0 saturated heterocycles. The van der Waals surface area contributed by atoms with Crippen LogP contribution in [-0.2, 0) is 0 Å². The van der Waals surface area contributed by atoms with Gasteiger partial charge in [-0.3, -0.25) is 0 Å². The van der Waals surface area contributed by atoms with Crippen LogP contribution in [0.3, 0.4) is 0 Å². The van der Waals surface area contributed by atoms with Crippen LogP contribution in [-0.4, -0.2) is 26.6 Å². The summed E-state index contributed by atoms with van der Waals surface area (Å²) in [7, 11) is 1.53. The first-order valence-corrected chi connectivity index (χ1v) is 6.00. The van der Waals surface area contributed by atoms with Crippen molar-refractivity contribution in [1.82, 2.24) is 19.5 Å². The van der Waals surface area contributed by atoms with Crippen molar-refractivity contribution < 1.29 is 4.74 Å². The highest BCUT2D eigenvalue weighted by Gasteiger charge is 2.17. The molecule has 0 aliphatic heterocycles. The first-order chi connectivity index (χ1) is 8.79. The number of hydrogen-bond acceptors (Lipinski definition) is 5. The number of hydrogen-bond donors (Lipinski definition) is 1. The minimum atomic E-state index is 0.279. The van der Waals surface area contributed by atoms with Crippen molar-refractivity contribution in [3.63, 3.8) is 0 Å². The maximum atomic E-state index is 5.85.